The number of carbonyl (C=O) groups is 1. The van der Waals surface area contributed by atoms with Gasteiger partial charge in [-0.25, -0.2) is 9.37 Å². The van der Waals surface area contributed by atoms with E-state index in [1.807, 2.05) is 0 Å². The Morgan fingerprint density at radius 2 is 2.00 bits per heavy atom. The zero-order valence-corrected chi connectivity index (χ0v) is 12.7. The second kappa shape index (κ2) is 7.29. The number of rotatable bonds is 5. The van der Waals surface area contributed by atoms with Crippen molar-refractivity contribution in [2.75, 3.05) is 18.6 Å². The summed E-state index contributed by atoms with van der Waals surface area (Å²) in [5.74, 6) is -1.39. The number of nitrogens with zero attached hydrogens (tertiary/aromatic N) is 2. The minimum absolute atomic E-state index is 0.129. The molecule has 1 aromatic carbocycles. The van der Waals surface area contributed by atoms with Gasteiger partial charge in [-0.15, -0.1) is 0 Å². The molecule has 24 heavy (non-hydrogen) atoms. The van der Waals surface area contributed by atoms with Crippen molar-refractivity contribution in [3.8, 4) is 5.75 Å². The van der Waals surface area contributed by atoms with Crippen LogP contribution < -0.4 is 9.64 Å². The van der Waals surface area contributed by atoms with Crippen molar-refractivity contribution in [3.63, 3.8) is 0 Å². The van der Waals surface area contributed by atoms with E-state index in [9.17, 15) is 22.4 Å². The quantitative estimate of drug-likeness (QED) is 0.783. The number of hydrogen-bond donors (Lipinski definition) is 0. The SMILES string of the molecule is COc1ccc(F)cc1CC(=O)N(CC(F)(F)F)c1ccccn1. The molecular weight excluding hydrogens is 328 g/mol. The normalized spacial score (nSPS) is 11.2. The van der Waals surface area contributed by atoms with Crippen molar-refractivity contribution >= 4 is 11.7 Å². The summed E-state index contributed by atoms with van der Waals surface area (Å²) in [4.78, 5) is 16.7. The third-order valence-electron chi connectivity index (χ3n) is 3.15. The summed E-state index contributed by atoms with van der Waals surface area (Å²) < 4.78 is 56.7. The highest BCUT2D eigenvalue weighted by atomic mass is 19.4. The number of halogens is 4. The van der Waals surface area contributed by atoms with Crippen LogP contribution in [0.1, 0.15) is 5.56 Å². The fourth-order valence-electron chi connectivity index (χ4n) is 2.13. The summed E-state index contributed by atoms with van der Waals surface area (Å²) in [7, 11) is 1.33. The topological polar surface area (TPSA) is 42.4 Å². The molecule has 1 amide bonds. The van der Waals surface area contributed by atoms with Gasteiger partial charge in [-0.3, -0.25) is 9.69 Å². The first-order valence-electron chi connectivity index (χ1n) is 6.91. The fraction of sp³-hybridized carbons (Fsp3) is 0.250. The predicted octanol–water partition coefficient (Wildman–Crippen LogP) is 3.37. The van der Waals surface area contributed by atoms with E-state index in [1.165, 1.54) is 37.6 Å². The van der Waals surface area contributed by atoms with Gasteiger partial charge in [0.25, 0.3) is 0 Å². The average molecular weight is 342 g/mol. The van der Waals surface area contributed by atoms with E-state index in [4.69, 9.17) is 4.74 Å². The van der Waals surface area contributed by atoms with Crippen LogP contribution in [0.2, 0.25) is 0 Å². The standard InChI is InChI=1S/C16H14F4N2O2/c1-24-13-6-5-12(17)8-11(13)9-15(23)22(10-16(18,19)20)14-4-2-3-7-21-14/h2-8H,9-10H2,1H3. The van der Waals surface area contributed by atoms with Gasteiger partial charge in [-0.1, -0.05) is 6.07 Å². The monoisotopic (exact) mass is 342 g/mol. The van der Waals surface area contributed by atoms with Gasteiger partial charge in [-0.05, 0) is 30.3 Å². The Morgan fingerprint density at radius 1 is 1.25 bits per heavy atom. The van der Waals surface area contributed by atoms with Gasteiger partial charge in [0.05, 0.1) is 13.5 Å². The van der Waals surface area contributed by atoms with Crippen LogP contribution in [0, 0.1) is 5.82 Å². The zero-order valence-electron chi connectivity index (χ0n) is 12.7. The summed E-state index contributed by atoms with van der Waals surface area (Å²) in [5, 5.41) is 0. The lowest BCUT2D eigenvalue weighted by atomic mass is 10.1. The molecule has 1 heterocycles. The molecular formula is C16H14F4N2O2. The maximum absolute atomic E-state index is 13.4. The number of hydrogen-bond acceptors (Lipinski definition) is 3. The first kappa shape index (κ1) is 17.7. The van der Waals surface area contributed by atoms with E-state index in [0.717, 1.165) is 12.1 Å². The molecule has 0 aliphatic heterocycles. The number of ether oxygens (including phenoxy) is 1. The van der Waals surface area contributed by atoms with Crippen LogP contribution in [-0.2, 0) is 11.2 Å². The van der Waals surface area contributed by atoms with Crippen molar-refractivity contribution in [2.24, 2.45) is 0 Å². The van der Waals surface area contributed by atoms with Crippen LogP contribution >= 0.6 is 0 Å². The van der Waals surface area contributed by atoms with E-state index in [-0.39, 0.29) is 17.1 Å². The van der Waals surface area contributed by atoms with Gasteiger partial charge < -0.3 is 4.74 Å². The van der Waals surface area contributed by atoms with Crippen LogP contribution in [0.5, 0.6) is 5.75 Å². The number of alkyl halides is 3. The highest BCUT2D eigenvalue weighted by Crippen LogP contribution is 2.24. The van der Waals surface area contributed by atoms with Gasteiger partial charge in [-0.2, -0.15) is 13.2 Å². The van der Waals surface area contributed by atoms with Crippen molar-refractivity contribution in [2.45, 2.75) is 12.6 Å². The maximum Gasteiger partial charge on any atom is 0.406 e. The van der Waals surface area contributed by atoms with Gasteiger partial charge in [0.15, 0.2) is 0 Å². The van der Waals surface area contributed by atoms with Crippen LogP contribution in [-0.4, -0.2) is 30.7 Å². The van der Waals surface area contributed by atoms with Crippen LogP contribution in [0.3, 0.4) is 0 Å². The maximum atomic E-state index is 13.4. The van der Waals surface area contributed by atoms with Crippen molar-refractivity contribution in [3.05, 3.63) is 54.0 Å². The van der Waals surface area contributed by atoms with E-state index >= 15 is 0 Å². The molecule has 0 radical (unpaired) electrons. The van der Waals surface area contributed by atoms with Crippen molar-refractivity contribution < 1.29 is 27.1 Å². The fourth-order valence-corrected chi connectivity index (χ4v) is 2.13. The van der Waals surface area contributed by atoms with Gasteiger partial charge in [0.2, 0.25) is 5.91 Å². The molecule has 0 fully saturated rings. The minimum Gasteiger partial charge on any atom is -0.496 e. The Bertz CT molecular complexity index is 705. The van der Waals surface area contributed by atoms with E-state index in [0.29, 0.717) is 4.90 Å². The summed E-state index contributed by atoms with van der Waals surface area (Å²) in [6, 6.07) is 7.80. The second-order valence-electron chi connectivity index (χ2n) is 4.92. The Kier molecular flexibility index (Phi) is 5.38. The van der Waals surface area contributed by atoms with Crippen molar-refractivity contribution in [1.82, 2.24) is 4.98 Å². The van der Waals surface area contributed by atoms with Gasteiger partial charge >= 0.3 is 6.18 Å². The van der Waals surface area contributed by atoms with Crippen LogP contribution in [0.15, 0.2) is 42.6 Å². The predicted molar refractivity (Wildman–Crippen MR) is 79.3 cm³/mol. The molecule has 0 saturated carbocycles. The number of anilines is 1. The highest BCUT2D eigenvalue weighted by Gasteiger charge is 2.34. The molecule has 8 heteroatoms. The molecule has 128 valence electrons. The Hall–Kier alpha value is -2.64. The zero-order chi connectivity index (χ0) is 17.7. The highest BCUT2D eigenvalue weighted by molar-refractivity contribution is 5.94. The molecule has 0 unspecified atom stereocenters. The number of pyridine rings is 1. The van der Waals surface area contributed by atoms with Crippen molar-refractivity contribution in [1.29, 1.82) is 0 Å². The number of methoxy groups -OCH3 is 1. The molecule has 4 nitrogen and oxygen atoms in total. The summed E-state index contributed by atoms with van der Waals surface area (Å²) in [6.45, 7) is -1.49. The minimum atomic E-state index is -4.60. The Balaban J connectivity index is 2.30. The smallest absolute Gasteiger partial charge is 0.406 e. The first-order chi connectivity index (χ1) is 11.3. The average Bonchev–Trinajstić information content (AvgIpc) is 2.53. The third kappa shape index (κ3) is 4.68. The number of aromatic nitrogens is 1. The lowest BCUT2D eigenvalue weighted by Crippen LogP contribution is -2.40. The third-order valence-corrected chi connectivity index (χ3v) is 3.15. The molecule has 0 aliphatic rings. The lowest BCUT2D eigenvalue weighted by molar-refractivity contribution is -0.132. The van der Waals surface area contributed by atoms with Crippen LogP contribution in [0.4, 0.5) is 23.4 Å². The summed E-state index contributed by atoms with van der Waals surface area (Å²) in [6.07, 6.45) is -3.76. The lowest BCUT2D eigenvalue weighted by Gasteiger charge is -2.23. The Morgan fingerprint density at radius 3 is 2.58 bits per heavy atom. The number of benzene rings is 1. The molecule has 0 bridgehead atoms. The van der Waals surface area contributed by atoms with E-state index in [2.05, 4.69) is 4.98 Å². The first-order valence-corrected chi connectivity index (χ1v) is 6.91. The molecule has 2 rings (SSSR count). The molecule has 0 N–H and O–H groups in total. The van der Waals surface area contributed by atoms with E-state index in [1.54, 1.807) is 0 Å². The van der Waals surface area contributed by atoms with E-state index < -0.39 is 30.9 Å². The molecule has 0 saturated heterocycles. The Labute approximate surface area is 135 Å². The summed E-state index contributed by atoms with van der Waals surface area (Å²) >= 11 is 0. The number of amides is 1. The van der Waals surface area contributed by atoms with Crippen LogP contribution in [0.25, 0.3) is 0 Å². The van der Waals surface area contributed by atoms with Gasteiger partial charge in [0.1, 0.15) is 23.9 Å². The molecule has 0 aliphatic carbocycles. The molecule has 0 atom stereocenters. The summed E-state index contributed by atoms with van der Waals surface area (Å²) in [5.41, 5.74) is 0.158. The molecule has 2 aromatic rings. The number of carbonyl (C=O) groups excluding carboxylic acids is 1. The second-order valence-corrected chi connectivity index (χ2v) is 4.92. The molecule has 0 spiro atoms. The largest absolute Gasteiger partial charge is 0.496 e. The molecule has 1 aromatic heterocycles. The van der Waals surface area contributed by atoms with Gasteiger partial charge in [0, 0.05) is 11.8 Å².